The molecule has 1 nitrogen and oxygen atoms in total. The predicted molar refractivity (Wildman–Crippen MR) is 104 cm³/mol. The van der Waals surface area contributed by atoms with Gasteiger partial charge in [0.25, 0.3) is 0 Å². The van der Waals surface area contributed by atoms with Crippen LogP contribution in [0.5, 0.6) is 0 Å². The molecule has 0 saturated carbocycles. The van der Waals surface area contributed by atoms with E-state index >= 15 is 0 Å². The van der Waals surface area contributed by atoms with Gasteiger partial charge in [-0.3, -0.25) is 0 Å². The summed E-state index contributed by atoms with van der Waals surface area (Å²) in [6.07, 6.45) is 14.0. The fraction of sp³-hybridized carbons (Fsp3) is 1.00. The normalized spacial score (nSPS) is 29.1. The van der Waals surface area contributed by atoms with E-state index in [9.17, 15) is 0 Å². The van der Waals surface area contributed by atoms with E-state index in [2.05, 4.69) is 47.5 Å². The molecule has 0 aliphatic carbocycles. The SMILES string of the molecule is BC(C)(CCCC)CCC(C)C1CCCC(C)CCCN1C. The predicted octanol–water partition coefficient (Wildman–Crippen LogP) is 5.31. The van der Waals surface area contributed by atoms with Gasteiger partial charge in [0.05, 0.1) is 0 Å². The first-order valence-corrected chi connectivity index (χ1v) is 10.1. The van der Waals surface area contributed by atoms with Crippen LogP contribution in [-0.4, -0.2) is 32.4 Å². The minimum Gasteiger partial charge on any atom is -0.303 e. The molecule has 0 amide bonds. The van der Waals surface area contributed by atoms with Gasteiger partial charge in [-0.05, 0) is 51.1 Å². The molecule has 0 spiro atoms. The highest BCUT2D eigenvalue weighted by Gasteiger charge is 2.25. The van der Waals surface area contributed by atoms with Gasteiger partial charge >= 0.3 is 0 Å². The molecule has 130 valence electrons. The number of hydrogen-bond acceptors (Lipinski definition) is 1. The van der Waals surface area contributed by atoms with Gasteiger partial charge in [-0.15, -0.1) is 0 Å². The van der Waals surface area contributed by atoms with Crippen molar-refractivity contribution in [3.63, 3.8) is 0 Å². The maximum absolute atomic E-state index is 2.68. The van der Waals surface area contributed by atoms with Crippen molar-refractivity contribution >= 4 is 7.85 Å². The van der Waals surface area contributed by atoms with E-state index in [1.54, 1.807) is 0 Å². The van der Waals surface area contributed by atoms with Crippen LogP contribution in [0.3, 0.4) is 0 Å². The Hall–Kier alpha value is 0.0249. The standard InChI is InChI=1S/C20H42BN/c1-6-7-14-20(4,21)15-13-18(3)19-12-8-10-17(2)11-9-16-22(19)5/h17-19H,6-16,21H2,1-5H3. The van der Waals surface area contributed by atoms with Crippen molar-refractivity contribution in [1.82, 2.24) is 4.90 Å². The third-order valence-electron chi connectivity index (χ3n) is 6.11. The molecule has 1 heterocycles. The van der Waals surface area contributed by atoms with Gasteiger partial charge in [0.2, 0.25) is 0 Å². The summed E-state index contributed by atoms with van der Waals surface area (Å²) >= 11 is 0. The molecule has 22 heavy (non-hydrogen) atoms. The summed E-state index contributed by atoms with van der Waals surface area (Å²) in [5.41, 5.74) is 0. The summed E-state index contributed by atoms with van der Waals surface area (Å²) in [7, 11) is 4.85. The van der Waals surface area contributed by atoms with Crippen LogP contribution in [0.1, 0.15) is 91.9 Å². The molecule has 0 aromatic carbocycles. The van der Waals surface area contributed by atoms with Crippen LogP contribution in [0, 0.1) is 11.8 Å². The number of nitrogens with zero attached hydrogens (tertiary/aromatic N) is 1. The Kier molecular flexibility index (Phi) is 9.13. The van der Waals surface area contributed by atoms with Crippen molar-refractivity contribution in [2.24, 2.45) is 11.8 Å². The van der Waals surface area contributed by atoms with Crippen molar-refractivity contribution in [2.45, 2.75) is 103 Å². The fourth-order valence-corrected chi connectivity index (χ4v) is 4.21. The largest absolute Gasteiger partial charge is 0.303 e. The zero-order valence-corrected chi connectivity index (χ0v) is 16.5. The lowest BCUT2D eigenvalue weighted by atomic mass is 9.63. The summed E-state index contributed by atoms with van der Waals surface area (Å²) in [5, 5.41) is 0.538. The summed E-state index contributed by atoms with van der Waals surface area (Å²) in [6.45, 7) is 11.0. The van der Waals surface area contributed by atoms with Crippen molar-refractivity contribution in [3.8, 4) is 0 Å². The number of unbranched alkanes of at least 4 members (excludes halogenated alkanes) is 1. The van der Waals surface area contributed by atoms with E-state index in [4.69, 9.17) is 0 Å². The third kappa shape index (κ3) is 7.53. The molecule has 0 N–H and O–H groups in total. The molecular formula is C20H42BN. The molecule has 0 radical (unpaired) electrons. The van der Waals surface area contributed by atoms with E-state index in [0.717, 1.165) is 17.9 Å². The van der Waals surface area contributed by atoms with Crippen molar-refractivity contribution < 1.29 is 0 Å². The quantitative estimate of drug-likeness (QED) is 0.576. The highest BCUT2D eigenvalue weighted by atomic mass is 15.1. The monoisotopic (exact) mass is 307 g/mol. The van der Waals surface area contributed by atoms with Crippen LogP contribution in [0.4, 0.5) is 0 Å². The minimum atomic E-state index is 0.538. The highest BCUT2D eigenvalue weighted by Crippen LogP contribution is 2.36. The fourth-order valence-electron chi connectivity index (χ4n) is 4.21. The second kappa shape index (κ2) is 10.0. The molecule has 1 fully saturated rings. The van der Waals surface area contributed by atoms with Gasteiger partial charge in [0.1, 0.15) is 7.85 Å². The third-order valence-corrected chi connectivity index (χ3v) is 6.11. The Morgan fingerprint density at radius 3 is 2.55 bits per heavy atom. The van der Waals surface area contributed by atoms with Crippen molar-refractivity contribution in [1.29, 1.82) is 0 Å². The summed E-state index contributed by atoms with van der Waals surface area (Å²) < 4.78 is 0. The lowest BCUT2D eigenvalue weighted by molar-refractivity contribution is 0.161. The van der Waals surface area contributed by atoms with Crippen molar-refractivity contribution in [2.75, 3.05) is 13.6 Å². The molecule has 1 saturated heterocycles. The first-order valence-electron chi connectivity index (χ1n) is 10.1. The van der Waals surface area contributed by atoms with Crippen LogP contribution in [-0.2, 0) is 0 Å². The van der Waals surface area contributed by atoms with Gasteiger partial charge in [-0.1, -0.05) is 71.5 Å². The van der Waals surface area contributed by atoms with Crippen LogP contribution in [0.15, 0.2) is 0 Å². The second-order valence-corrected chi connectivity index (χ2v) is 9.01. The zero-order valence-electron chi connectivity index (χ0n) is 16.5. The smallest absolute Gasteiger partial charge is 0.109 e. The van der Waals surface area contributed by atoms with Gasteiger partial charge in [0, 0.05) is 6.04 Å². The molecular weight excluding hydrogens is 265 g/mol. The van der Waals surface area contributed by atoms with Crippen LogP contribution in [0.25, 0.3) is 0 Å². The van der Waals surface area contributed by atoms with Gasteiger partial charge in [0.15, 0.2) is 0 Å². The Morgan fingerprint density at radius 1 is 1.18 bits per heavy atom. The highest BCUT2D eigenvalue weighted by molar-refractivity contribution is 6.14. The van der Waals surface area contributed by atoms with Crippen LogP contribution < -0.4 is 0 Å². The summed E-state index contributed by atoms with van der Waals surface area (Å²) in [5.74, 6) is 1.79. The van der Waals surface area contributed by atoms with E-state index < -0.39 is 0 Å². The van der Waals surface area contributed by atoms with Crippen molar-refractivity contribution in [3.05, 3.63) is 0 Å². The molecule has 1 rings (SSSR count). The molecule has 4 unspecified atom stereocenters. The van der Waals surface area contributed by atoms with E-state index in [1.807, 2.05) is 0 Å². The molecule has 1 aliphatic rings. The summed E-state index contributed by atoms with van der Waals surface area (Å²) in [6, 6.07) is 0.812. The van der Waals surface area contributed by atoms with E-state index in [0.29, 0.717) is 5.31 Å². The van der Waals surface area contributed by atoms with Gasteiger partial charge < -0.3 is 4.90 Å². The second-order valence-electron chi connectivity index (χ2n) is 9.01. The molecule has 0 bridgehead atoms. The first-order chi connectivity index (χ1) is 10.4. The topological polar surface area (TPSA) is 3.24 Å². The Bertz CT molecular complexity index is 289. The Labute approximate surface area is 142 Å². The molecule has 1 aliphatic heterocycles. The maximum atomic E-state index is 2.68. The first kappa shape index (κ1) is 20.1. The average molecular weight is 307 g/mol. The minimum absolute atomic E-state index is 0.538. The van der Waals surface area contributed by atoms with Crippen LogP contribution >= 0.6 is 0 Å². The Balaban J connectivity index is 2.48. The molecule has 0 aromatic rings. The van der Waals surface area contributed by atoms with Crippen LogP contribution in [0.2, 0.25) is 5.31 Å². The van der Waals surface area contributed by atoms with Gasteiger partial charge in [-0.2, -0.15) is 0 Å². The average Bonchev–Trinajstić information content (AvgIpc) is 2.54. The summed E-state index contributed by atoms with van der Waals surface area (Å²) in [4.78, 5) is 2.68. The van der Waals surface area contributed by atoms with E-state index in [-0.39, 0.29) is 0 Å². The van der Waals surface area contributed by atoms with Gasteiger partial charge in [-0.25, -0.2) is 0 Å². The number of hydrogen-bond donors (Lipinski definition) is 0. The maximum Gasteiger partial charge on any atom is 0.109 e. The lowest BCUT2D eigenvalue weighted by Crippen LogP contribution is -2.37. The molecule has 0 aromatic heterocycles. The van der Waals surface area contributed by atoms with E-state index in [1.165, 1.54) is 70.8 Å². The zero-order chi connectivity index (χ0) is 16.6. The number of rotatable bonds is 7. The lowest BCUT2D eigenvalue weighted by Gasteiger charge is -2.35. The molecule has 4 atom stereocenters. The Morgan fingerprint density at radius 2 is 1.86 bits per heavy atom. The molecule has 2 heteroatoms.